The van der Waals surface area contributed by atoms with Gasteiger partial charge in [0.1, 0.15) is 5.82 Å². The normalized spacial score (nSPS) is 17.8. The van der Waals surface area contributed by atoms with Gasteiger partial charge < -0.3 is 24.8 Å². The van der Waals surface area contributed by atoms with E-state index in [0.717, 1.165) is 82.3 Å². The third-order valence-electron chi connectivity index (χ3n) is 5.60. The second-order valence-corrected chi connectivity index (χ2v) is 7.79. The molecule has 2 aliphatic rings. The summed E-state index contributed by atoms with van der Waals surface area (Å²) in [7, 11) is 3.87. The number of guanidine groups is 1. The Morgan fingerprint density at radius 3 is 2.62 bits per heavy atom. The Morgan fingerprint density at radius 2 is 2.03 bits per heavy atom. The number of nitrogens with one attached hydrogen (secondary N) is 1. The molecule has 29 heavy (non-hydrogen) atoms. The predicted octanol–water partition coefficient (Wildman–Crippen LogP) is 2.28. The van der Waals surface area contributed by atoms with Gasteiger partial charge in [-0.1, -0.05) is 13.0 Å². The topological polar surface area (TPSA) is 56.2 Å². The number of hydrogen-bond donors (Lipinski definition) is 1. The molecule has 3 rings (SSSR count). The Morgan fingerprint density at radius 1 is 1.28 bits per heavy atom. The summed E-state index contributed by atoms with van der Waals surface area (Å²) in [5, 5.41) is 3.42. The molecule has 0 radical (unpaired) electrons. The van der Waals surface area contributed by atoms with E-state index in [-0.39, 0.29) is 24.0 Å². The molecular formula is C21H37IN6O. The van der Waals surface area contributed by atoms with E-state index in [2.05, 4.69) is 49.0 Å². The Kier molecular flexibility index (Phi) is 10.4. The van der Waals surface area contributed by atoms with Gasteiger partial charge in [0.15, 0.2) is 5.96 Å². The van der Waals surface area contributed by atoms with Crippen molar-refractivity contribution in [2.24, 2.45) is 10.9 Å². The van der Waals surface area contributed by atoms with Crippen LogP contribution in [-0.4, -0.2) is 87.3 Å². The number of likely N-dealkylation sites (N-methyl/N-ethyl adjacent to an activating group) is 2. The highest BCUT2D eigenvalue weighted by molar-refractivity contribution is 14.0. The molecule has 1 saturated carbocycles. The molecule has 1 saturated heterocycles. The third kappa shape index (κ3) is 7.90. The summed E-state index contributed by atoms with van der Waals surface area (Å²) >= 11 is 0. The Balaban J connectivity index is 0.00000300. The van der Waals surface area contributed by atoms with Crippen LogP contribution in [0, 0.1) is 5.92 Å². The van der Waals surface area contributed by atoms with Gasteiger partial charge in [0.2, 0.25) is 0 Å². The maximum absolute atomic E-state index is 5.73. The summed E-state index contributed by atoms with van der Waals surface area (Å²) in [4.78, 5) is 16.0. The van der Waals surface area contributed by atoms with E-state index in [4.69, 9.17) is 4.74 Å². The zero-order valence-corrected chi connectivity index (χ0v) is 20.5. The summed E-state index contributed by atoms with van der Waals surface area (Å²) in [6.07, 6.45) is 4.64. The Hall–Kier alpha value is -1.13. The highest BCUT2D eigenvalue weighted by Gasteiger charge is 2.21. The lowest BCUT2D eigenvalue weighted by Crippen LogP contribution is -2.46. The molecule has 164 valence electrons. The van der Waals surface area contributed by atoms with Crippen LogP contribution in [0.25, 0.3) is 0 Å². The quantitative estimate of drug-likeness (QED) is 0.235. The average molecular weight is 516 g/mol. The number of ether oxygens (including phenoxy) is 1. The van der Waals surface area contributed by atoms with Crippen LogP contribution in [-0.2, 0) is 11.3 Å². The number of aliphatic imine (C=N–C) groups is 1. The average Bonchev–Trinajstić information content (AvgIpc) is 3.57. The Bertz CT molecular complexity index is 614. The summed E-state index contributed by atoms with van der Waals surface area (Å²) < 4.78 is 5.73. The molecule has 8 heteroatoms. The number of piperazine rings is 1. The van der Waals surface area contributed by atoms with Gasteiger partial charge in [0.05, 0.1) is 6.61 Å². The van der Waals surface area contributed by atoms with Crippen LogP contribution in [0.4, 0.5) is 5.82 Å². The summed E-state index contributed by atoms with van der Waals surface area (Å²) in [6, 6.07) is 4.30. The standard InChI is InChI=1S/C21H36N6O.HI/c1-4-26-9-11-27(12-10-26)20-8-7-19(15-23-20)16-24-21(22-2)25(3)13-14-28-17-18-5-6-18;/h7-8,15,18H,4-6,9-14,16-17H2,1-3H3,(H,22,24);1H. The van der Waals surface area contributed by atoms with Crippen molar-refractivity contribution in [3.8, 4) is 0 Å². The Labute approximate surface area is 192 Å². The molecule has 2 heterocycles. The lowest BCUT2D eigenvalue weighted by molar-refractivity contribution is 0.115. The first-order valence-electron chi connectivity index (χ1n) is 10.6. The minimum atomic E-state index is 0. The summed E-state index contributed by atoms with van der Waals surface area (Å²) in [6.45, 7) is 10.9. The molecule has 0 amide bonds. The molecule has 2 fully saturated rings. The predicted molar refractivity (Wildman–Crippen MR) is 130 cm³/mol. The summed E-state index contributed by atoms with van der Waals surface area (Å²) in [5.41, 5.74) is 1.16. The number of pyridine rings is 1. The summed E-state index contributed by atoms with van der Waals surface area (Å²) in [5.74, 6) is 2.78. The first-order valence-corrected chi connectivity index (χ1v) is 10.6. The highest BCUT2D eigenvalue weighted by Crippen LogP contribution is 2.28. The molecule has 0 unspecified atom stereocenters. The van der Waals surface area contributed by atoms with E-state index in [1.807, 2.05) is 20.3 Å². The minimum Gasteiger partial charge on any atom is -0.379 e. The van der Waals surface area contributed by atoms with Gasteiger partial charge >= 0.3 is 0 Å². The zero-order chi connectivity index (χ0) is 19.8. The van der Waals surface area contributed by atoms with Crippen LogP contribution >= 0.6 is 24.0 Å². The van der Waals surface area contributed by atoms with E-state index in [0.29, 0.717) is 0 Å². The van der Waals surface area contributed by atoms with Crippen molar-refractivity contribution < 1.29 is 4.74 Å². The van der Waals surface area contributed by atoms with Gasteiger partial charge in [-0.25, -0.2) is 4.98 Å². The molecule has 1 aliphatic heterocycles. The van der Waals surface area contributed by atoms with E-state index in [1.54, 1.807) is 0 Å². The molecule has 1 aliphatic carbocycles. The molecule has 0 spiro atoms. The molecule has 1 aromatic rings. The van der Waals surface area contributed by atoms with Crippen molar-refractivity contribution in [1.82, 2.24) is 20.1 Å². The largest absolute Gasteiger partial charge is 0.379 e. The first kappa shape index (κ1) is 24.1. The van der Waals surface area contributed by atoms with Crippen molar-refractivity contribution in [2.75, 3.05) is 71.5 Å². The lowest BCUT2D eigenvalue weighted by atomic mass is 10.2. The number of nitrogens with zero attached hydrogens (tertiary/aromatic N) is 5. The molecule has 1 aromatic heterocycles. The van der Waals surface area contributed by atoms with Crippen LogP contribution < -0.4 is 10.2 Å². The molecule has 0 aromatic carbocycles. The van der Waals surface area contributed by atoms with Crippen molar-refractivity contribution in [1.29, 1.82) is 0 Å². The van der Waals surface area contributed by atoms with Gasteiger partial charge in [-0.05, 0) is 36.9 Å². The fourth-order valence-corrected chi connectivity index (χ4v) is 3.41. The fourth-order valence-electron chi connectivity index (χ4n) is 3.41. The second kappa shape index (κ2) is 12.5. The van der Waals surface area contributed by atoms with E-state index >= 15 is 0 Å². The number of anilines is 1. The van der Waals surface area contributed by atoms with Gasteiger partial charge in [0.25, 0.3) is 0 Å². The maximum atomic E-state index is 5.73. The monoisotopic (exact) mass is 516 g/mol. The van der Waals surface area contributed by atoms with Gasteiger partial charge in [-0.3, -0.25) is 4.99 Å². The molecular weight excluding hydrogens is 479 g/mol. The van der Waals surface area contributed by atoms with Crippen molar-refractivity contribution in [3.05, 3.63) is 23.9 Å². The van der Waals surface area contributed by atoms with E-state index in [1.165, 1.54) is 12.8 Å². The van der Waals surface area contributed by atoms with Crippen LogP contribution in [0.3, 0.4) is 0 Å². The van der Waals surface area contributed by atoms with E-state index in [9.17, 15) is 0 Å². The van der Waals surface area contributed by atoms with Crippen LogP contribution in [0.1, 0.15) is 25.3 Å². The number of hydrogen-bond acceptors (Lipinski definition) is 5. The first-order chi connectivity index (χ1) is 13.7. The second-order valence-electron chi connectivity index (χ2n) is 7.79. The molecule has 7 nitrogen and oxygen atoms in total. The van der Waals surface area contributed by atoms with Gasteiger partial charge in [-0.15, -0.1) is 24.0 Å². The highest BCUT2D eigenvalue weighted by atomic mass is 127. The van der Waals surface area contributed by atoms with Crippen molar-refractivity contribution in [2.45, 2.75) is 26.3 Å². The van der Waals surface area contributed by atoms with Gasteiger partial charge in [0, 0.05) is 66.2 Å². The van der Waals surface area contributed by atoms with E-state index < -0.39 is 0 Å². The maximum Gasteiger partial charge on any atom is 0.193 e. The molecule has 0 atom stereocenters. The van der Waals surface area contributed by atoms with Crippen LogP contribution in [0.5, 0.6) is 0 Å². The molecule has 1 N–H and O–H groups in total. The van der Waals surface area contributed by atoms with Crippen LogP contribution in [0.2, 0.25) is 0 Å². The number of rotatable bonds is 9. The van der Waals surface area contributed by atoms with Gasteiger partial charge in [-0.2, -0.15) is 0 Å². The van der Waals surface area contributed by atoms with Crippen molar-refractivity contribution in [3.63, 3.8) is 0 Å². The lowest BCUT2D eigenvalue weighted by Gasteiger charge is -2.34. The minimum absolute atomic E-state index is 0. The molecule has 0 bridgehead atoms. The third-order valence-corrected chi connectivity index (χ3v) is 5.60. The fraction of sp³-hybridized carbons (Fsp3) is 0.714. The smallest absolute Gasteiger partial charge is 0.193 e. The van der Waals surface area contributed by atoms with Crippen LogP contribution in [0.15, 0.2) is 23.3 Å². The number of aromatic nitrogens is 1. The number of halogens is 1. The zero-order valence-electron chi connectivity index (χ0n) is 18.1. The SMILES string of the molecule is CCN1CCN(c2ccc(CNC(=NC)N(C)CCOCC3CC3)cn2)CC1.I. The van der Waals surface area contributed by atoms with Crippen molar-refractivity contribution >= 4 is 35.8 Å².